The number of benzene rings is 1. The van der Waals surface area contributed by atoms with Crippen molar-refractivity contribution in [2.24, 2.45) is 0 Å². The molecule has 1 aromatic rings. The van der Waals surface area contributed by atoms with Gasteiger partial charge in [-0.05, 0) is 50.5 Å². The van der Waals surface area contributed by atoms with E-state index in [2.05, 4.69) is 0 Å². The maximum absolute atomic E-state index is 12.8. The summed E-state index contributed by atoms with van der Waals surface area (Å²) in [6.45, 7) is 6.82. The summed E-state index contributed by atoms with van der Waals surface area (Å²) in [6.07, 6.45) is 0.813. The van der Waals surface area contributed by atoms with E-state index < -0.39 is 0 Å². The van der Waals surface area contributed by atoms with Gasteiger partial charge in [-0.2, -0.15) is 0 Å². The van der Waals surface area contributed by atoms with E-state index in [0.29, 0.717) is 17.3 Å². The highest BCUT2D eigenvalue weighted by atomic mass is 35.5. The van der Waals surface area contributed by atoms with Crippen molar-refractivity contribution in [3.05, 3.63) is 39.4 Å². The second-order valence-electron chi connectivity index (χ2n) is 5.81. The van der Waals surface area contributed by atoms with Crippen LogP contribution >= 0.6 is 11.6 Å². The number of allylic oxidation sites excluding steroid dienone is 1. The zero-order chi connectivity index (χ0) is 15.7. The van der Waals surface area contributed by atoms with Gasteiger partial charge in [0.15, 0.2) is 0 Å². The summed E-state index contributed by atoms with van der Waals surface area (Å²) < 4.78 is 5.33. The molecule has 0 aliphatic carbocycles. The van der Waals surface area contributed by atoms with Crippen LogP contribution in [-0.4, -0.2) is 31.5 Å². The van der Waals surface area contributed by atoms with Crippen LogP contribution in [0.25, 0.3) is 0 Å². The van der Waals surface area contributed by atoms with Gasteiger partial charge in [-0.1, -0.05) is 22.7 Å². The zero-order valence-electron chi connectivity index (χ0n) is 13.3. The Kier molecular flexibility index (Phi) is 4.62. The third-order valence-corrected chi connectivity index (χ3v) is 4.58. The summed E-state index contributed by atoms with van der Waals surface area (Å²) >= 11 is 6.24. The lowest BCUT2D eigenvalue weighted by Gasteiger charge is -2.23. The van der Waals surface area contributed by atoms with Crippen LogP contribution in [0.2, 0.25) is 5.02 Å². The van der Waals surface area contributed by atoms with E-state index in [1.165, 1.54) is 5.57 Å². The molecule has 21 heavy (non-hydrogen) atoms. The minimum absolute atomic E-state index is 0.136. The summed E-state index contributed by atoms with van der Waals surface area (Å²) in [6, 6.07) is 3.86. The maximum Gasteiger partial charge on any atom is 0.233 e. The van der Waals surface area contributed by atoms with Crippen molar-refractivity contribution in [3.8, 4) is 5.75 Å². The largest absolute Gasteiger partial charge is 0.495 e. The van der Waals surface area contributed by atoms with E-state index in [1.807, 2.05) is 40.0 Å². The molecule has 0 radical (unpaired) electrons. The second kappa shape index (κ2) is 6.10. The lowest BCUT2D eigenvalue weighted by molar-refractivity contribution is -0.130. The highest BCUT2D eigenvalue weighted by Crippen LogP contribution is 2.38. The van der Waals surface area contributed by atoms with Crippen LogP contribution in [0.1, 0.15) is 37.8 Å². The van der Waals surface area contributed by atoms with Gasteiger partial charge in [0.2, 0.25) is 5.91 Å². The summed E-state index contributed by atoms with van der Waals surface area (Å²) in [4.78, 5) is 14.6. The Labute approximate surface area is 131 Å². The minimum atomic E-state index is -0.247. The minimum Gasteiger partial charge on any atom is -0.495 e. The molecule has 2 rings (SSSR count). The number of nitrogens with zero attached hydrogens (tertiary/aromatic N) is 1. The SMILES string of the molecule is COc1cc2c(cc1Cl)CCN(C)C(=O)[C@@H]2C(C)=C(C)C. The molecule has 0 unspecified atom stereocenters. The Balaban J connectivity index is 2.68. The summed E-state index contributed by atoms with van der Waals surface area (Å²) in [5, 5.41) is 0.599. The van der Waals surface area contributed by atoms with Gasteiger partial charge in [-0.15, -0.1) is 0 Å². The number of ether oxygens (including phenoxy) is 1. The van der Waals surface area contributed by atoms with Crippen molar-refractivity contribution in [2.75, 3.05) is 20.7 Å². The van der Waals surface area contributed by atoms with Crippen molar-refractivity contribution in [1.82, 2.24) is 4.90 Å². The number of hydrogen-bond donors (Lipinski definition) is 0. The number of carbonyl (C=O) groups is 1. The first-order valence-corrected chi connectivity index (χ1v) is 7.49. The van der Waals surface area contributed by atoms with Crippen LogP contribution in [0, 0.1) is 0 Å². The van der Waals surface area contributed by atoms with Crippen molar-refractivity contribution >= 4 is 17.5 Å². The fourth-order valence-corrected chi connectivity index (χ4v) is 2.97. The maximum atomic E-state index is 12.8. The number of methoxy groups -OCH3 is 1. The van der Waals surface area contributed by atoms with Crippen LogP contribution in [0.3, 0.4) is 0 Å². The normalized spacial score (nSPS) is 18.1. The molecule has 0 aromatic heterocycles. The molecule has 0 saturated heterocycles. The van der Waals surface area contributed by atoms with Crippen LogP contribution in [0.5, 0.6) is 5.75 Å². The fourth-order valence-electron chi connectivity index (χ4n) is 2.71. The van der Waals surface area contributed by atoms with Gasteiger partial charge >= 0.3 is 0 Å². The lowest BCUT2D eigenvalue weighted by Crippen LogP contribution is -2.31. The number of rotatable bonds is 2. The number of hydrogen-bond acceptors (Lipinski definition) is 2. The average molecular weight is 308 g/mol. The van der Waals surface area contributed by atoms with Crippen molar-refractivity contribution in [3.63, 3.8) is 0 Å². The molecule has 1 aromatic carbocycles. The number of likely N-dealkylation sites (N-methyl/N-ethyl adjacent to an activating group) is 1. The molecule has 1 amide bonds. The number of carbonyl (C=O) groups excluding carboxylic acids is 1. The van der Waals surface area contributed by atoms with Crippen LogP contribution < -0.4 is 4.74 Å². The van der Waals surface area contributed by atoms with E-state index in [0.717, 1.165) is 23.1 Å². The molecule has 114 valence electrons. The quantitative estimate of drug-likeness (QED) is 0.778. The number of halogens is 1. The fraction of sp³-hybridized carbons (Fsp3) is 0.471. The molecular weight excluding hydrogens is 286 g/mol. The molecule has 1 atom stereocenters. The Bertz CT molecular complexity index is 603. The molecule has 0 N–H and O–H groups in total. The number of fused-ring (bicyclic) bond motifs is 1. The Morgan fingerprint density at radius 2 is 2.00 bits per heavy atom. The molecular formula is C17H22ClNO2. The highest BCUT2D eigenvalue weighted by molar-refractivity contribution is 6.32. The van der Waals surface area contributed by atoms with Crippen molar-refractivity contribution in [1.29, 1.82) is 0 Å². The van der Waals surface area contributed by atoms with E-state index in [-0.39, 0.29) is 11.8 Å². The molecule has 1 aliphatic rings. The van der Waals surface area contributed by atoms with Crippen LogP contribution in [0.4, 0.5) is 0 Å². The third kappa shape index (κ3) is 2.93. The predicted molar refractivity (Wildman–Crippen MR) is 86.1 cm³/mol. The van der Waals surface area contributed by atoms with E-state index >= 15 is 0 Å². The van der Waals surface area contributed by atoms with Gasteiger partial charge in [0, 0.05) is 13.6 Å². The first kappa shape index (κ1) is 15.9. The molecule has 1 heterocycles. The Hall–Kier alpha value is -1.48. The molecule has 1 aliphatic heterocycles. The predicted octanol–water partition coefficient (Wildman–Crippen LogP) is 3.80. The Morgan fingerprint density at radius 1 is 1.33 bits per heavy atom. The van der Waals surface area contributed by atoms with E-state index in [4.69, 9.17) is 16.3 Å². The van der Waals surface area contributed by atoms with Gasteiger partial charge < -0.3 is 9.64 Å². The number of amides is 1. The first-order chi connectivity index (χ1) is 9.86. The monoisotopic (exact) mass is 307 g/mol. The topological polar surface area (TPSA) is 29.5 Å². The summed E-state index contributed by atoms with van der Waals surface area (Å²) in [7, 11) is 3.46. The molecule has 0 spiro atoms. The average Bonchev–Trinajstić information content (AvgIpc) is 2.56. The standard InChI is InChI=1S/C17H22ClNO2/c1-10(2)11(3)16-13-9-15(21-5)14(18)8-12(13)6-7-19(4)17(16)20/h8-9,16H,6-7H2,1-5H3/t16-/m1/s1. The molecule has 0 saturated carbocycles. The molecule has 3 nitrogen and oxygen atoms in total. The first-order valence-electron chi connectivity index (χ1n) is 7.12. The highest BCUT2D eigenvalue weighted by Gasteiger charge is 2.31. The van der Waals surface area contributed by atoms with Crippen molar-refractivity contribution < 1.29 is 9.53 Å². The summed E-state index contributed by atoms with van der Waals surface area (Å²) in [5.74, 6) is 0.514. The summed E-state index contributed by atoms with van der Waals surface area (Å²) in [5.41, 5.74) is 4.41. The van der Waals surface area contributed by atoms with Gasteiger partial charge in [0.25, 0.3) is 0 Å². The van der Waals surface area contributed by atoms with Gasteiger partial charge in [0.05, 0.1) is 18.1 Å². The van der Waals surface area contributed by atoms with Gasteiger partial charge in [0.1, 0.15) is 5.75 Å². The zero-order valence-corrected chi connectivity index (χ0v) is 14.0. The smallest absolute Gasteiger partial charge is 0.233 e. The van der Waals surface area contributed by atoms with E-state index in [9.17, 15) is 4.79 Å². The van der Waals surface area contributed by atoms with Crippen LogP contribution in [0.15, 0.2) is 23.3 Å². The van der Waals surface area contributed by atoms with Gasteiger partial charge in [-0.25, -0.2) is 0 Å². The molecule has 0 bridgehead atoms. The molecule has 0 fully saturated rings. The lowest BCUT2D eigenvalue weighted by atomic mass is 9.86. The van der Waals surface area contributed by atoms with E-state index in [1.54, 1.807) is 12.0 Å². The van der Waals surface area contributed by atoms with Crippen LogP contribution in [-0.2, 0) is 11.2 Å². The molecule has 4 heteroatoms. The second-order valence-corrected chi connectivity index (χ2v) is 6.22. The van der Waals surface area contributed by atoms with Gasteiger partial charge in [-0.3, -0.25) is 4.79 Å². The Morgan fingerprint density at radius 3 is 2.57 bits per heavy atom. The third-order valence-electron chi connectivity index (χ3n) is 4.29. The van der Waals surface area contributed by atoms with Crippen molar-refractivity contribution in [2.45, 2.75) is 33.1 Å².